The number of aryl methyl sites for hydroxylation is 1. The first-order chi connectivity index (χ1) is 6.60. The van der Waals surface area contributed by atoms with E-state index < -0.39 is 6.43 Å². The molecule has 0 aliphatic rings. The number of rotatable bonds is 3. The summed E-state index contributed by atoms with van der Waals surface area (Å²) in [5, 5.41) is 0. The topological polar surface area (TPSA) is 39.2 Å². The number of carbonyl (C=O) groups is 1. The number of nitrogens with zero attached hydrogens (tertiary/aromatic N) is 1. The van der Waals surface area contributed by atoms with Crippen LogP contribution in [0, 0.1) is 6.92 Å². The van der Waals surface area contributed by atoms with Crippen molar-refractivity contribution in [2.45, 2.75) is 13.3 Å². The maximum atomic E-state index is 12.5. The maximum absolute atomic E-state index is 12.5. The van der Waals surface area contributed by atoms with E-state index in [9.17, 15) is 13.6 Å². The van der Waals surface area contributed by atoms with Gasteiger partial charge in [0, 0.05) is 0 Å². The second-order valence-electron chi connectivity index (χ2n) is 2.67. The van der Waals surface area contributed by atoms with E-state index >= 15 is 0 Å². The van der Waals surface area contributed by atoms with Crippen LogP contribution in [0.5, 0.6) is 5.75 Å². The Morgan fingerprint density at radius 2 is 2.21 bits per heavy atom. The number of methoxy groups -OCH3 is 1. The fraction of sp³-hybridized carbons (Fsp3) is 0.333. The van der Waals surface area contributed by atoms with E-state index in [1.165, 1.54) is 14.0 Å². The van der Waals surface area contributed by atoms with E-state index in [1.54, 1.807) is 0 Å². The quantitative estimate of drug-likeness (QED) is 0.703. The van der Waals surface area contributed by atoms with Gasteiger partial charge in [0.1, 0.15) is 11.4 Å². The molecule has 0 aromatic carbocycles. The van der Waals surface area contributed by atoms with Crippen LogP contribution >= 0.6 is 0 Å². The van der Waals surface area contributed by atoms with Gasteiger partial charge in [-0.05, 0) is 13.0 Å². The molecule has 0 radical (unpaired) electrons. The summed E-state index contributed by atoms with van der Waals surface area (Å²) >= 11 is 0. The molecule has 76 valence electrons. The number of hydrogen-bond acceptors (Lipinski definition) is 3. The standard InChI is InChI=1S/C9H9F2NO2/c1-5-8(14-2)7(9(10)11)3-6(4-13)12-5/h3-4,9H,1-2H3. The average Bonchev–Trinajstić information content (AvgIpc) is 2.16. The zero-order chi connectivity index (χ0) is 10.7. The number of ether oxygens (including phenoxy) is 1. The maximum Gasteiger partial charge on any atom is 0.267 e. The van der Waals surface area contributed by atoms with Gasteiger partial charge in [0.15, 0.2) is 6.29 Å². The third-order valence-electron chi connectivity index (χ3n) is 1.75. The molecule has 1 aromatic rings. The van der Waals surface area contributed by atoms with E-state index in [0.29, 0.717) is 6.29 Å². The van der Waals surface area contributed by atoms with Gasteiger partial charge in [-0.2, -0.15) is 0 Å². The minimum Gasteiger partial charge on any atom is -0.494 e. The minimum atomic E-state index is -2.68. The normalized spacial score (nSPS) is 10.4. The van der Waals surface area contributed by atoms with Gasteiger partial charge < -0.3 is 4.74 Å². The number of aromatic nitrogens is 1. The Morgan fingerprint density at radius 3 is 2.64 bits per heavy atom. The third-order valence-corrected chi connectivity index (χ3v) is 1.75. The van der Waals surface area contributed by atoms with E-state index in [0.717, 1.165) is 6.07 Å². The van der Waals surface area contributed by atoms with E-state index in [1.807, 2.05) is 0 Å². The van der Waals surface area contributed by atoms with Crippen molar-refractivity contribution in [1.82, 2.24) is 4.98 Å². The average molecular weight is 201 g/mol. The van der Waals surface area contributed by atoms with Crippen LogP contribution in [0.4, 0.5) is 8.78 Å². The predicted molar refractivity (Wildman–Crippen MR) is 45.9 cm³/mol. The summed E-state index contributed by atoms with van der Waals surface area (Å²) in [5.74, 6) is 0.0330. The van der Waals surface area contributed by atoms with Crippen molar-refractivity contribution < 1.29 is 18.3 Å². The van der Waals surface area contributed by atoms with Crippen LogP contribution in [0.3, 0.4) is 0 Å². The van der Waals surface area contributed by atoms with Crippen molar-refractivity contribution >= 4 is 6.29 Å². The largest absolute Gasteiger partial charge is 0.494 e. The Morgan fingerprint density at radius 1 is 1.57 bits per heavy atom. The van der Waals surface area contributed by atoms with Gasteiger partial charge in [-0.25, -0.2) is 13.8 Å². The highest BCUT2D eigenvalue weighted by Crippen LogP contribution is 2.30. The number of aldehydes is 1. The number of hydrogen-bond donors (Lipinski definition) is 0. The Hall–Kier alpha value is -1.52. The first kappa shape index (κ1) is 10.6. The molecule has 0 saturated carbocycles. The minimum absolute atomic E-state index is 0.0152. The molecule has 0 bridgehead atoms. The first-order valence-corrected chi connectivity index (χ1v) is 3.89. The highest BCUT2D eigenvalue weighted by molar-refractivity contribution is 5.72. The molecule has 0 aliphatic heterocycles. The molecule has 0 N–H and O–H groups in total. The number of pyridine rings is 1. The Balaban J connectivity index is 3.35. The molecule has 5 heteroatoms. The summed E-state index contributed by atoms with van der Waals surface area (Å²) in [6.07, 6.45) is -2.25. The molecule has 1 aromatic heterocycles. The molecule has 0 atom stereocenters. The Kier molecular flexibility index (Phi) is 3.11. The van der Waals surface area contributed by atoms with Crippen molar-refractivity contribution in [3.05, 3.63) is 23.0 Å². The van der Waals surface area contributed by atoms with Crippen molar-refractivity contribution in [3.8, 4) is 5.75 Å². The number of alkyl halides is 2. The SMILES string of the molecule is COc1c(C(F)F)cc(C=O)nc1C. The summed E-state index contributed by atoms with van der Waals surface area (Å²) < 4.78 is 29.8. The lowest BCUT2D eigenvalue weighted by molar-refractivity contribution is 0.111. The van der Waals surface area contributed by atoms with Crippen LogP contribution in [0.25, 0.3) is 0 Å². The van der Waals surface area contributed by atoms with Gasteiger partial charge in [-0.1, -0.05) is 0 Å². The van der Waals surface area contributed by atoms with Crippen LogP contribution < -0.4 is 4.74 Å². The Bertz CT molecular complexity index is 353. The number of halogens is 2. The molecule has 1 heterocycles. The zero-order valence-electron chi connectivity index (χ0n) is 7.75. The van der Waals surface area contributed by atoms with Crippen LogP contribution in [0.15, 0.2) is 6.07 Å². The lowest BCUT2D eigenvalue weighted by atomic mass is 10.2. The van der Waals surface area contributed by atoms with Gasteiger partial charge in [-0.15, -0.1) is 0 Å². The molecule has 0 spiro atoms. The summed E-state index contributed by atoms with van der Waals surface area (Å²) in [7, 11) is 1.29. The molecular formula is C9H9F2NO2. The summed E-state index contributed by atoms with van der Waals surface area (Å²) in [5.41, 5.74) is -0.0342. The van der Waals surface area contributed by atoms with Crippen molar-refractivity contribution in [2.24, 2.45) is 0 Å². The summed E-state index contributed by atoms with van der Waals surface area (Å²) in [6, 6.07) is 1.03. The second-order valence-corrected chi connectivity index (χ2v) is 2.67. The third kappa shape index (κ3) is 1.86. The molecule has 0 saturated heterocycles. The Labute approximate surface area is 79.7 Å². The van der Waals surface area contributed by atoms with Gasteiger partial charge in [0.2, 0.25) is 0 Å². The smallest absolute Gasteiger partial charge is 0.267 e. The second kappa shape index (κ2) is 4.13. The van der Waals surface area contributed by atoms with Crippen LogP contribution in [-0.4, -0.2) is 18.4 Å². The molecular weight excluding hydrogens is 192 g/mol. The van der Waals surface area contributed by atoms with Gasteiger partial charge >= 0.3 is 0 Å². The van der Waals surface area contributed by atoms with E-state index in [2.05, 4.69) is 4.98 Å². The predicted octanol–water partition coefficient (Wildman–Crippen LogP) is 2.15. The summed E-state index contributed by atoms with van der Waals surface area (Å²) in [4.78, 5) is 14.2. The molecule has 3 nitrogen and oxygen atoms in total. The van der Waals surface area contributed by atoms with Crippen molar-refractivity contribution in [3.63, 3.8) is 0 Å². The van der Waals surface area contributed by atoms with Crippen molar-refractivity contribution in [1.29, 1.82) is 0 Å². The lowest BCUT2D eigenvalue weighted by Crippen LogP contribution is -2.01. The van der Waals surface area contributed by atoms with Crippen LogP contribution in [-0.2, 0) is 0 Å². The van der Waals surface area contributed by atoms with Crippen LogP contribution in [0.1, 0.15) is 28.2 Å². The lowest BCUT2D eigenvalue weighted by Gasteiger charge is -2.10. The van der Waals surface area contributed by atoms with Gasteiger partial charge in [-0.3, -0.25) is 4.79 Å². The monoisotopic (exact) mass is 201 g/mol. The first-order valence-electron chi connectivity index (χ1n) is 3.89. The zero-order valence-corrected chi connectivity index (χ0v) is 7.75. The van der Waals surface area contributed by atoms with E-state index in [4.69, 9.17) is 4.74 Å². The van der Waals surface area contributed by atoms with Crippen molar-refractivity contribution in [2.75, 3.05) is 7.11 Å². The summed E-state index contributed by atoms with van der Waals surface area (Å²) in [6.45, 7) is 1.51. The highest BCUT2D eigenvalue weighted by Gasteiger charge is 2.17. The molecule has 14 heavy (non-hydrogen) atoms. The molecule has 0 aliphatic carbocycles. The fourth-order valence-electron chi connectivity index (χ4n) is 1.20. The highest BCUT2D eigenvalue weighted by atomic mass is 19.3. The van der Waals surface area contributed by atoms with Gasteiger partial charge in [0.05, 0.1) is 18.4 Å². The molecule has 0 fully saturated rings. The molecule has 0 amide bonds. The molecule has 0 unspecified atom stereocenters. The van der Waals surface area contributed by atoms with Crippen LogP contribution in [0.2, 0.25) is 0 Å². The fourth-order valence-corrected chi connectivity index (χ4v) is 1.20. The van der Waals surface area contributed by atoms with E-state index in [-0.39, 0.29) is 22.7 Å². The van der Waals surface area contributed by atoms with Gasteiger partial charge in [0.25, 0.3) is 6.43 Å². The number of carbonyl (C=O) groups excluding carboxylic acids is 1. The molecule has 1 rings (SSSR count).